The van der Waals surface area contributed by atoms with Gasteiger partial charge in [0.15, 0.2) is 0 Å². The molecule has 0 aliphatic heterocycles. The van der Waals surface area contributed by atoms with Gasteiger partial charge in [-0.3, -0.25) is 0 Å². The Kier molecular flexibility index (Phi) is 5.17. The van der Waals surface area contributed by atoms with Crippen LogP contribution in [0.1, 0.15) is 38.0 Å². The summed E-state index contributed by atoms with van der Waals surface area (Å²) in [5.41, 5.74) is 2.32. The van der Waals surface area contributed by atoms with Crippen molar-refractivity contribution in [1.29, 1.82) is 0 Å². The summed E-state index contributed by atoms with van der Waals surface area (Å²) in [6, 6.07) is 6.06. The Hall–Kier alpha value is -1.06. The van der Waals surface area contributed by atoms with Crippen LogP contribution in [0.4, 0.5) is 0 Å². The van der Waals surface area contributed by atoms with Crippen LogP contribution in [0.25, 0.3) is 0 Å². The van der Waals surface area contributed by atoms with E-state index in [0.717, 1.165) is 17.7 Å². The van der Waals surface area contributed by atoms with Crippen LogP contribution in [0, 0.1) is 5.41 Å². The molecule has 1 rings (SSSR count). The van der Waals surface area contributed by atoms with Crippen molar-refractivity contribution in [2.75, 3.05) is 20.7 Å². The number of hydrogen-bond acceptors (Lipinski definition) is 3. The monoisotopic (exact) mass is 251 g/mol. The number of aliphatic hydroxyl groups is 1. The van der Waals surface area contributed by atoms with Gasteiger partial charge in [-0.2, -0.15) is 0 Å². The molecule has 1 atom stereocenters. The molecule has 3 heteroatoms. The van der Waals surface area contributed by atoms with Crippen molar-refractivity contribution in [3.63, 3.8) is 0 Å². The first-order valence-corrected chi connectivity index (χ1v) is 6.37. The van der Waals surface area contributed by atoms with Crippen molar-refractivity contribution in [3.05, 3.63) is 29.3 Å². The van der Waals surface area contributed by atoms with Crippen molar-refractivity contribution in [2.24, 2.45) is 5.41 Å². The fraction of sp³-hybridized carbons (Fsp3) is 0.600. The number of methoxy groups -OCH3 is 1. The van der Waals surface area contributed by atoms with E-state index in [0.29, 0.717) is 6.54 Å². The number of ether oxygens (including phenoxy) is 1. The first-order chi connectivity index (χ1) is 8.37. The topological polar surface area (TPSA) is 41.5 Å². The predicted octanol–water partition coefficient (Wildman–Crippen LogP) is 2.54. The van der Waals surface area contributed by atoms with Crippen LogP contribution < -0.4 is 10.1 Å². The summed E-state index contributed by atoms with van der Waals surface area (Å²) in [4.78, 5) is 0. The number of aliphatic hydroxyl groups excluding tert-OH is 1. The normalized spacial score (nSPS) is 13.4. The molecule has 1 aromatic carbocycles. The van der Waals surface area contributed by atoms with Gasteiger partial charge in [0.2, 0.25) is 0 Å². The van der Waals surface area contributed by atoms with E-state index in [9.17, 15) is 5.11 Å². The Morgan fingerprint density at radius 3 is 2.50 bits per heavy atom. The van der Waals surface area contributed by atoms with Gasteiger partial charge < -0.3 is 15.2 Å². The molecule has 0 saturated carbocycles. The maximum absolute atomic E-state index is 10.1. The van der Waals surface area contributed by atoms with Gasteiger partial charge in [0.05, 0.1) is 13.2 Å². The summed E-state index contributed by atoms with van der Waals surface area (Å²) in [5.74, 6) is 0.746. The van der Waals surface area contributed by atoms with Crippen LogP contribution in [0.5, 0.6) is 5.75 Å². The van der Waals surface area contributed by atoms with Gasteiger partial charge in [-0.05, 0) is 36.6 Å². The molecular weight excluding hydrogens is 226 g/mol. The van der Waals surface area contributed by atoms with Crippen molar-refractivity contribution in [3.8, 4) is 5.75 Å². The summed E-state index contributed by atoms with van der Waals surface area (Å²) < 4.78 is 5.31. The number of likely N-dealkylation sites (N-methyl/N-ethyl adjacent to an activating group) is 1. The summed E-state index contributed by atoms with van der Waals surface area (Å²) in [5, 5.41) is 13.1. The van der Waals surface area contributed by atoms with E-state index in [1.807, 2.05) is 19.2 Å². The molecule has 1 unspecified atom stereocenters. The zero-order chi connectivity index (χ0) is 13.8. The Bertz CT molecular complexity index is 383. The summed E-state index contributed by atoms with van der Waals surface area (Å²) in [6.45, 7) is 7.15. The number of rotatable bonds is 5. The minimum Gasteiger partial charge on any atom is -0.496 e. The lowest BCUT2D eigenvalue weighted by molar-refractivity contribution is 0.173. The number of nitrogens with one attached hydrogen (secondary N) is 1. The van der Waals surface area contributed by atoms with E-state index in [4.69, 9.17) is 4.74 Å². The van der Waals surface area contributed by atoms with E-state index in [2.05, 4.69) is 32.2 Å². The second kappa shape index (κ2) is 6.21. The Labute approximate surface area is 110 Å². The zero-order valence-electron chi connectivity index (χ0n) is 12.1. The average Bonchev–Trinajstić information content (AvgIpc) is 2.27. The Morgan fingerprint density at radius 2 is 2.00 bits per heavy atom. The van der Waals surface area contributed by atoms with E-state index in [-0.39, 0.29) is 5.41 Å². The molecule has 0 bridgehead atoms. The minimum absolute atomic E-state index is 0.236. The molecule has 0 aliphatic carbocycles. The van der Waals surface area contributed by atoms with Crippen LogP contribution in [0.2, 0.25) is 0 Å². The van der Waals surface area contributed by atoms with Gasteiger partial charge in [0, 0.05) is 12.1 Å². The molecular formula is C15H25NO2. The molecule has 0 saturated heterocycles. The summed E-state index contributed by atoms with van der Waals surface area (Å²) in [6.07, 6.45) is 0.445. The van der Waals surface area contributed by atoms with Crippen LogP contribution in [0.3, 0.4) is 0 Å². The fourth-order valence-corrected chi connectivity index (χ4v) is 2.07. The van der Waals surface area contributed by atoms with Crippen LogP contribution in [-0.2, 0) is 6.42 Å². The largest absolute Gasteiger partial charge is 0.496 e. The van der Waals surface area contributed by atoms with Gasteiger partial charge in [-0.15, -0.1) is 0 Å². The third-order valence-corrected chi connectivity index (χ3v) is 2.79. The van der Waals surface area contributed by atoms with Crippen molar-refractivity contribution in [1.82, 2.24) is 5.32 Å². The molecule has 3 nitrogen and oxygen atoms in total. The number of hydrogen-bond donors (Lipinski definition) is 2. The first kappa shape index (κ1) is 15.0. The highest BCUT2D eigenvalue weighted by molar-refractivity contribution is 5.39. The van der Waals surface area contributed by atoms with E-state index in [1.54, 1.807) is 7.11 Å². The molecule has 102 valence electrons. The molecule has 1 aromatic rings. The predicted molar refractivity (Wildman–Crippen MR) is 75.0 cm³/mol. The second-order valence-electron chi connectivity index (χ2n) is 5.89. The van der Waals surface area contributed by atoms with Crippen molar-refractivity contribution < 1.29 is 9.84 Å². The summed E-state index contributed by atoms with van der Waals surface area (Å²) >= 11 is 0. The molecule has 0 aromatic heterocycles. The van der Waals surface area contributed by atoms with Gasteiger partial charge in [0.1, 0.15) is 5.75 Å². The van der Waals surface area contributed by atoms with Crippen LogP contribution >= 0.6 is 0 Å². The molecule has 2 N–H and O–H groups in total. The quantitative estimate of drug-likeness (QED) is 0.845. The van der Waals surface area contributed by atoms with Gasteiger partial charge in [-0.25, -0.2) is 0 Å². The van der Waals surface area contributed by atoms with Crippen molar-refractivity contribution in [2.45, 2.75) is 33.3 Å². The molecule has 18 heavy (non-hydrogen) atoms. The molecule has 0 amide bonds. The highest BCUT2D eigenvalue weighted by Crippen LogP contribution is 2.29. The van der Waals surface area contributed by atoms with E-state index in [1.165, 1.54) is 5.56 Å². The molecule has 0 heterocycles. The van der Waals surface area contributed by atoms with Gasteiger partial charge >= 0.3 is 0 Å². The lowest BCUT2D eigenvalue weighted by Crippen LogP contribution is -2.18. The average molecular weight is 251 g/mol. The second-order valence-corrected chi connectivity index (χ2v) is 5.89. The third kappa shape index (κ3) is 4.31. The maximum atomic E-state index is 10.1. The van der Waals surface area contributed by atoms with Crippen molar-refractivity contribution >= 4 is 0 Å². The Balaban J connectivity index is 3.01. The smallest absolute Gasteiger partial charge is 0.124 e. The highest BCUT2D eigenvalue weighted by atomic mass is 16.5. The zero-order valence-corrected chi connectivity index (χ0v) is 12.1. The number of benzene rings is 1. The van der Waals surface area contributed by atoms with E-state index >= 15 is 0 Å². The molecule has 0 fully saturated rings. The Morgan fingerprint density at radius 1 is 1.33 bits per heavy atom. The summed E-state index contributed by atoms with van der Waals surface area (Å²) in [7, 11) is 3.46. The molecule has 0 aliphatic rings. The molecule has 0 spiro atoms. The van der Waals surface area contributed by atoms with Crippen LogP contribution in [-0.4, -0.2) is 25.8 Å². The fourth-order valence-electron chi connectivity index (χ4n) is 2.07. The van der Waals surface area contributed by atoms with Gasteiger partial charge in [-0.1, -0.05) is 26.8 Å². The standard InChI is InChI=1S/C15H25NO2/c1-15(2,3)9-11-6-7-14(18-5)12(8-11)13(17)10-16-4/h6-8,13,16-17H,9-10H2,1-5H3. The third-order valence-electron chi connectivity index (χ3n) is 2.79. The van der Waals surface area contributed by atoms with Gasteiger partial charge in [0.25, 0.3) is 0 Å². The van der Waals surface area contributed by atoms with E-state index < -0.39 is 6.10 Å². The molecule has 0 radical (unpaired) electrons. The SMILES string of the molecule is CNCC(O)c1cc(CC(C)(C)C)ccc1OC. The van der Waals surface area contributed by atoms with Crippen LogP contribution in [0.15, 0.2) is 18.2 Å². The first-order valence-electron chi connectivity index (χ1n) is 6.37. The lowest BCUT2D eigenvalue weighted by Gasteiger charge is -2.21. The lowest BCUT2D eigenvalue weighted by atomic mass is 9.87. The minimum atomic E-state index is -0.537. The maximum Gasteiger partial charge on any atom is 0.124 e. The highest BCUT2D eigenvalue weighted by Gasteiger charge is 2.16.